The van der Waals surface area contributed by atoms with E-state index in [1.807, 2.05) is 30.3 Å². The Bertz CT molecular complexity index is 1290. The Kier molecular flexibility index (Phi) is 8.69. The predicted octanol–water partition coefficient (Wildman–Crippen LogP) is 6.39. The van der Waals surface area contributed by atoms with Crippen molar-refractivity contribution in [3.8, 4) is 5.75 Å². The lowest BCUT2D eigenvalue weighted by Gasteiger charge is -2.16. The average molecular weight is 536 g/mol. The molecule has 3 aromatic rings. The smallest absolute Gasteiger partial charge is 0.343 e. The molecule has 0 fully saturated rings. The first-order valence-electron chi connectivity index (χ1n) is 10.6. The van der Waals surface area contributed by atoms with Crippen molar-refractivity contribution in [2.75, 3.05) is 0 Å². The summed E-state index contributed by atoms with van der Waals surface area (Å²) in [5, 5.41) is 11.1. The molecule has 0 unspecified atom stereocenters. The molecule has 0 saturated carbocycles. The van der Waals surface area contributed by atoms with Crippen molar-refractivity contribution in [2.24, 2.45) is 0 Å². The first-order valence-corrected chi connectivity index (χ1v) is 11.4. The lowest BCUT2D eigenvalue weighted by molar-refractivity contribution is -0.384. The van der Waals surface area contributed by atoms with Gasteiger partial charge in [0.05, 0.1) is 20.5 Å². The van der Waals surface area contributed by atoms with Crippen molar-refractivity contribution in [3.05, 3.63) is 128 Å². The minimum Gasteiger partial charge on any atom is -0.457 e. The number of allylic oxidation sites excluding steroid dienone is 2. The maximum Gasteiger partial charge on any atom is 0.343 e. The first-order chi connectivity index (χ1) is 16.8. The third-order valence-electron chi connectivity index (χ3n) is 5.07. The highest BCUT2D eigenvalue weighted by Gasteiger charge is 2.23. The molecule has 0 aromatic heterocycles. The van der Waals surface area contributed by atoms with E-state index in [1.54, 1.807) is 18.2 Å². The third-order valence-corrected chi connectivity index (χ3v) is 5.70. The van der Waals surface area contributed by atoms with Gasteiger partial charge in [-0.2, -0.15) is 0 Å². The second kappa shape index (κ2) is 11.9. The first kappa shape index (κ1) is 25.6. The van der Waals surface area contributed by atoms with Crippen LogP contribution in [0.1, 0.15) is 37.4 Å². The molecule has 0 saturated heterocycles. The second-order valence-corrected chi connectivity index (χ2v) is 8.29. The zero-order valence-electron chi connectivity index (χ0n) is 18.7. The Morgan fingerprint density at radius 1 is 0.943 bits per heavy atom. The Morgan fingerprint density at radius 3 is 2.29 bits per heavy atom. The van der Waals surface area contributed by atoms with Crippen molar-refractivity contribution in [2.45, 2.75) is 19.4 Å². The SMILES string of the molecule is C=CCc1cc([N+](=O)[O-])ccc1C(=O)Oc1c(Br)ccc(C(=O)OCc2ccccc2)c1CC=C. The fourth-order valence-electron chi connectivity index (χ4n) is 3.41. The monoisotopic (exact) mass is 535 g/mol. The molecule has 0 radical (unpaired) electrons. The normalized spacial score (nSPS) is 10.3. The minimum atomic E-state index is -0.724. The molecule has 0 aliphatic rings. The summed E-state index contributed by atoms with van der Waals surface area (Å²) in [6.45, 7) is 7.48. The zero-order valence-corrected chi connectivity index (χ0v) is 20.3. The third kappa shape index (κ3) is 6.30. The van der Waals surface area contributed by atoms with E-state index in [2.05, 4.69) is 29.1 Å². The van der Waals surface area contributed by atoms with Crippen LogP contribution in [0, 0.1) is 10.1 Å². The van der Waals surface area contributed by atoms with Gasteiger partial charge in [0.2, 0.25) is 0 Å². The van der Waals surface area contributed by atoms with Gasteiger partial charge in [0.15, 0.2) is 0 Å². The molecule has 0 atom stereocenters. The summed E-state index contributed by atoms with van der Waals surface area (Å²) >= 11 is 3.39. The van der Waals surface area contributed by atoms with Crippen LogP contribution < -0.4 is 4.74 Å². The van der Waals surface area contributed by atoms with E-state index >= 15 is 0 Å². The maximum atomic E-state index is 13.1. The molecule has 7 nitrogen and oxygen atoms in total. The summed E-state index contributed by atoms with van der Waals surface area (Å²) in [6.07, 6.45) is 3.59. The topological polar surface area (TPSA) is 95.7 Å². The largest absolute Gasteiger partial charge is 0.457 e. The summed E-state index contributed by atoms with van der Waals surface area (Å²) in [6, 6.07) is 16.3. The number of halogens is 1. The number of benzene rings is 3. The molecule has 0 bridgehead atoms. The van der Waals surface area contributed by atoms with Crippen LogP contribution in [-0.4, -0.2) is 16.9 Å². The predicted molar refractivity (Wildman–Crippen MR) is 136 cm³/mol. The van der Waals surface area contributed by atoms with Crippen LogP contribution in [0.15, 0.2) is 90.4 Å². The van der Waals surface area contributed by atoms with E-state index < -0.39 is 16.9 Å². The van der Waals surface area contributed by atoms with Gasteiger partial charge in [-0.1, -0.05) is 42.5 Å². The lowest BCUT2D eigenvalue weighted by Crippen LogP contribution is -2.15. The highest BCUT2D eigenvalue weighted by molar-refractivity contribution is 9.10. The summed E-state index contributed by atoms with van der Waals surface area (Å²) < 4.78 is 11.6. The number of carbonyl (C=O) groups excluding carboxylic acids is 2. The molecular weight excluding hydrogens is 514 g/mol. The van der Waals surface area contributed by atoms with Crippen LogP contribution in [0.3, 0.4) is 0 Å². The lowest BCUT2D eigenvalue weighted by atomic mass is 10.0. The number of hydrogen-bond acceptors (Lipinski definition) is 6. The fraction of sp³-hybridized carbons (Fsp3) is 0.111. The molecule has 0 aliphatic heterocycles. The van der Waals surface area contributed by atoms with Gasteiger partial charge in [-0.3, -0.25) is 10.1 Å². The summed E-state index contributed by atoms with van der Waals surface area (Å²) in [7, 11) is 0. The van der Waals surface area contributed by atoms with E-state index in [0.29, 0.717) is 15.6 Å². The summed E-state index contributed by atoms with van der Waals surface area (Å²) in [5.41, 5.74) is 1.91. The van der Waals surface area contributed by atoms with Crippen molar-refractivity contribution >= 4 is 33.6 Å². The maximum absolute atomic E-state index is 13.1. The number of non-ortho nitro benzene ring substituents is 1. The number of nitro benzene ring substituents is 1. The molecule has 0 N–H and O–H groups in total. The van der Waals surface area contributed by atoms with Crippen LogP contribution in [0.2, 0.25) is 0 Å². The number of hydrogen-bond donors (Lipinski definition) is 0. The van der Waals surface area contributed by atoms with Crippen LogP contribution in [0.5, 0.6) is 5.75 Å². The number of nitro groups is 1. The van der Waals surface area contributed by atoms with Crippen LogP contribution >= 0.6 is 15.9 Å². The van der Waals surface area contributed by atoms with Crippen molar-refractivity contribution in [1.29, 1.82) is 0 Å². The van der Waals surface area contributed by atoms with Gasteiger partial charge < -0.3 is 9.47 Å². The van der Waals surface area contributed by atoms with E-state index in [0.717, 1.165) is 5.56 Å². The number of carbonyl (C=O) groups is 2. The second-order valence-electron chi connectivity index (χ2n) is 7.44. The molecule has 0 heterocycles. The minimum absolute atomic E-state index is 0.0894. The number of nitrogens with zero attached hydrogens (tertiary/aromatic N) is 1. The molecule has 0 amide bonds. The van der Waals surface area contributed by atoms with Crippen LogP contribution in [0.4, 0.5) is 5.69 Å². The summed E-state index contributed by atoms with van der Waals surface area (Å²) in [5.74, 6) is -1.15. The number of esters is 2. The Balaban J connectivity index is 1.93. The molecule has 8 heteroatoms. The van der Waals surface area contributed by atoms with Gasteiger partial charge in [0.25, 0.3) is 5.69 Å². The van der Waals surface area contributed by atoms with Crippen LogP contribution in [-0.2, 0) is 24.2 Å². The molecule has 178 valence electrons. The fourth-order valence-corrected chi connectivity index (χ4v) is 3.87. The average Bonchev–Trinajstić information content (AvgIpc) is 2.85. The molecule has 35 heavy (non-hydrogen) atoms. The molecule has 0 aliphatic carbocycles. The van der Waals surface area contributed by atoms with E-state index in [4.69, 9.17) is 9.47 Å². The van der Waals surface area contributed by atoms with E-state index in [-0.39, 0.29) is 42.0 Å². The highest BCUT2D eigenvalue weighted by Crippen LogP contribution is 2.34. The van der Waals surface area contributed by atoms with Crippen molar-refractivity contribution in [3.63, 3.8) is 0 Å². The molecule has 3 aromatic carbocycles. The highest BCUT2D eigenvalue weighted by atomic mass is 79.9. The number of ether oxygens (including phenoxy) is 2. The molecule has 3 rings (SSSR count). The van der Waals surface area contributed by atoms with E-state index in [9.17, 15) is 19.7 Å². The Morgan fingerprint density at radius 2 is 1.63 bits per heavy atom. The van der Waals surface area contributed by atoms with Gasteiger partial charge in [-0.05, 0) is 58.1 Å². The van der Waals surface area contributed by atoms with E-state index in [1.165, 1.54) is 24.3 Å². The number of rotatable bonds is 10. The zero-order chi connectivity index (χ0) is 25.4. The van der Waals surface area contributed by atoms with Gasteiger partial charge >= 0.3 is 11.9 Å². The Labute approximate surface area is 211 Å². The van der Waals surface area contributed by atoms with Gasteiger partial charge in [0, 0.05) is 17.7 Å². The summed E-state index contributed by atoms with van der Waals surface area (Å²) in [4.78, 5) is 36.6. The van der Waals surface area contributed by atoms with Gasteiger partial charge in [0.1, 0.15) is 12.4 Å². The molecular formula is C27H22BrNO6. The van der Waals surface area contributed by atoms with Crippen molar-refractivity contribution in [1.82, 2.24) is 0 Å². The van der Waals surface area contributed by atoms with Crippen molar-refractivity contribution < 1.29 is 24.0 Å². The van der Waals surface area contributed by atoms with Crippen LogP contribution in [0.25, 0.3) is 0 Å². The Hall–Kier alpha value is -4.04. The quantitative estimate of drug-likeness (QED) is 0.0980. The van der Waals surface area contributed by atoms with Gasteiger partial charge in [-0.15, -0.1) is 13.2 Å². The standard InChI is InChI=1S/C27H22BrNO6/c1-3-8-19-16-20(29(32)33)12-13-21(19)27(31)35-25-22(9-4-2)23(14-15-24(25)28)26(30)34-17-18-10-6-5-7-11-18/h3-7,10-16H,1-2,8-9,17H2. The van der Waals surface area contributed by atoms with Gasteiger partial charge in [-0.25, -0.2) is 9.59 Å². The molecule has 0 spiro atoms.